The molecule has 1 aliphatic heterocycles. The monoisotopic (exact) mass is 380 g/mol. The number of nitro benzene ring substituents is 1. The van der Waals surface area contributed by atoms with Gasteiger partial charge in [0.05, 0.1) is 16.2 Å². The van der Waals surface area contributed by atoms with Crippen molar-refractivity contribution in [2.24, 2.45) is 0 Å². The lowest BCUT2D eigenvalue weighted by molar-refractivity contribution is -0.384. The van der Waals surface area contributed by atoms with Gasteiger partial charge in [0.1, 0.15) is 17.9 Å². The predicted molar refractivity (Wildman–Crippen MR) is 104 cm³/mol. The van der Waals surface area contributed by atoms with Crippen molar-refractivity contribution in [3.05, 3.63) is 69.7 Å². The largest absolute Gasteiger partial charge is 0.456 e. The van der Waals surface area contributed by atoms with E-state index in [1.165, 1.54) is 6.07 Å². The Morgan fingerprint density at radius 1 is 1.21 bits per heavy atom. The molecule has 4 rings (SSSR count). The zero-order valence-corrected chi connectivity index (χ0v) is 15.5. The van der Waals surface area contributed by atoms with Gasteiger partial charge in [0.25, 0.3) is 5.69 Å². The van der Waals surface area contributed by atoms with Gasteiger partial charge in [0.15, 0.2) is 0 Å². The average Bonchev–Trinajstić information content (AvgIpc) is 3.34. The Balaban J connectivity index is 1.50. The molecule has 0 bridgehead atoms. The number of aromatic nitrogens is 2. The van der Waals surface area contributed by atoms with Crippen LogP contribution in [0, 0.1) is 17.0 Å². The molecule has 0 saturated carbocycles. The first-order chi connectivity index (χ1) is 13.5. The number of carbonyl (C=O) groups is 1. The molecule has 8 nitrogen and oxygen atoms in total. The van der Waals surface area contributed by atoms with Crippen LogP contribution in [0.5, 0.6) is 0 Å². The number of fused-ring (bicyclic) bond motifs is 1. The third-order valence-corrected chi connectivity index (χ3v) is 4.85. The van der Waals surface area contributed by atoms with Gasteiger partial charge in [0.2, 0.25) is 0 Å². The van der Waals surface area contributed by atoms with E-state index in [1.807, 2.05) is 34.6 Å². The summed E-state index contributed by atoms with van der Waals surface area (Å²) in [6, 6.07) is 8.35. The van der Waals surface area contributed by atoms with Crippen molar-refractivity contribution in [2.45, 2.75) is 26.4 Å². The van der Waals surface area contributed by atoms with Crippen LogP contribution in [0.4, 0.5) is 11.4 Å². The van der Waals surface area contributed by atoms with Crippen LogP contribution in [0.15, 0.2) is 42.7 Å². The maximum Gasteiger partial charge on any atom is 0.338 e. The molecular formula is C20H20N4O4. The number of nitrogens with zero attached hydrogens (tertiary/aromatic N) is 4. The summed E-state index contributed by atoms with van der Waals surface area (Å²) >= 11 is 0. The average molecular weight is 380 g/mol. The van der Waals surface area contributed by atoms with Crippen LogP contribution in [0.25, 0.3) is 5.65 Å². The Morgan fingerprint density at radius 2 is 2.00 bits per heavy atom. The van der Waals surface area contributed by atoms with E-state index in [-0.39, 0.29) is 17.9 Å². The molecule has 3 aromatic rings. The first kappa shape index (κ1) is 18.0. The molecule has 1 aromatic carbocycles. The number of pyridine rings is 1. The van der Waals surface area contributed by atoms with Crippen molar-refractivity contribution in [1.29, 1.82) is 0 Å². The Kier molecular flexibility index (Phi) is 4.68. The van der Waals surface area contributed by atoms with Crippen LogP contribution in [0.3, 0.4) is 0 Å². The highest BCUT2D eigenvalue weighted by Crippen LogP contribution is 2.31. The van der Waals surface area contributed by atoms with E-state index < -0.39 is 10.9 Å². The number of hydrogen-bond donors (Lipinski definition) is 0. The lowest BCUT2D eigenvalue weighted by Crippen LogP contribution is -2.19. The first-order valence-electron chi connectivity index (χ1n) is 9.16. The number of hydrogen-bond acceptors (Lipinski definition) is 6. The number of nitro groups is 1. The second kappa shape index (κ2) is 7.30. The van der Waals surface area contributed by atoms with Gasteiger partial charge < -0.3 is 14.0 Å². The summed E-state index contributed by atoms with van der Waals surface area (Å²) in [5.41, 5.74) is 3.12. The Hall–Kier alpha value is -3.42. The van der Waals surface area contributed by atoms with E-state index in [2.05, 4.69) is 4.98 Å². The Labute approximate surface area is 161 Å². The van der Waals surface area contributed by atoms with Crippen LogP contribution in [-0.2, 0) is 11.3 Å². The SMILES string of the molecule is Cc1ccc2nc(COC(=O)c3ccc(N4CCCC4)c([N+](=O)[O-])c3)cn2c1. The minimum atomic E-state index is -0.607. The van der Waals surface area contributed by atoms with Gasteiger partial charge in [-0.3, -0.25) is 10.1 Å². The number of esters is 1. The number of carbonyl (C=O) groups excluding carboxylic acids is 1. The highest BCUT2D eigenvalue weighted by Gasteiger charge is 2.24. The second-order valence-electron chi connectivity index (χ2n) is 6.94. The van der Waals surface area contributed by atoms with E-state index >= 15 is 0 Å². The molecule has 1 saturated heterocycles. The molecule has 144 valence electrons. The molecule has 0 unspecified atom stereocenters. The summed E-state index contributed by atoms with van der Waals surface area (Å²) in [5.74, 6) is -0.607. The van der Waals surface area contributed by atoms with E-state index in [0.717, 1.165) is 37.1 Å². The van der Waals surface area contributed by atoms with Crippen molar-refractivity contribution in [3.8, 4) is 0 Å². The van der Waals surface area contributed by atoms with E-state index in [0.29, 0.717) is 11.4 Å². The van der Waals surface area contributed by atoms with Crippen LogP contribution in [-0.4, -0.2) is 33.4 Å². The first-order valence-corrected chi connectivity index (χ1v) is 9.16. The van der Waals surface area contributed by atoms with Crippen molar-refractivity contribution >= 4 is 23.0 Å². The summed E-state index contributed by atoms with van der Waals surface area (Å²) < 4.78 is 7.19. The van der Waals surface area contributed by atoms with Crippen LogP contribution >= 0.6 is 0 Å². The van der Waals surface area contributed by atoms with E-state index in [4.69, 9.17) is 4.74 Å². The highest BCUT2D eigenvalue weighted by molar-refractivity contribution is 5.91. The second-order valence-corrected chi connectivity index (χ2v) is 6.94. The van der Waals surface area contributed by atoms with Crippen LogP contribution in [0.1, 0.15) is 34.5 Å². The fourth-order valence-corrected chi connectivity index (χ4v) is 3.47. The molecule has 3 heterocycles. The minimum absolute atomic E-state index is 0.00123. The molecule has 2 aromatic heterocycles. The maximum atomic E-state index is 12.4. The predicted octanol–water partition coefficient (Wildman–Crippen LogP) is 3.51. The van der Waals surface area contributed by atoms with Gasteiger partial charge in [0, 0.05) is 31.5 Å². The molecule has 28 heavy (non-hydrogen) atoms. The van der Waals surface area contributed by atoms with Gasteiger partial charge in [-0.15, -0.1) is 0 Å². The van der Waals surface area contributed by atoms with Crippen molar-refractivity contribution < 1.29 is 14.5 Å². The lowest BCUT2D eigenvalue weighted by atomic mass is 10.1. The van der Waals surface area contributed by atoms with Crippen molar-refractivity contribution in [3.63, 3.8) is 0 Å². The molecule has 0 aliphatic carbocycles. The van der Waals surface area contributed by atoms with Gasteiger partial charge >= 0.3 is 5.97 Å². The molecule has 0 amide bonds. The summed E-state index contributed by atoms with van der Waals surface area (Å²) in [5, 5.41) is 11.5. The quantitative estimate of drug-likeness (QED) is 0.382. The lowest BCUT2D eigenvalue weighted by Gasteiger charge is -2.17. The van der Waals surface area contributed by atoms with Crippen LogP contribution < -0.4 is 4.90 Å². The fraction of sp³-hybridized carbons (Fsp3) is 0.300. The molecule has 0 radical (unpaired) electrons. The zero-order valence-electron chi connectivity index (χ0n) is 15.5. The molecule has 1 fully saturated rings. The number of aryl methyl sites for hydroxylation is 1. The topological polar surface area (TPSA) is 90.0 Å². The normalized spacial score (nSPS) is 13.8. The minimum Gasteiger partial charge on any atom is -0.456 e. The molecule has 1 aliphatic rings. The summed E-state index contributed by atoms with van der Waals surface area (Å²) in [7, 11) is 0. The smallest absolute Gasteiger partial charge is 0.338 e. The molecule has 0 spiro atoms. The summed E-state index contributed by atoms with van der Waals surface area (Å²) in [6.07, 6.45) is 5.77. The number of rotatable bonds is 5. The standard InChI is InChI=1S/C20H20N4O4/c1-14-4-7-19-21-16(12-23(19)11-14)13-28-20(25)15-5-6-17(18(10-15)24(26)27)22-8-2-3-9-22/h4-7,10-12H,2-3,8-9,13H2,1H3. The Bertz CT molecular complexity index is 1050. The molecule has 0 atom stereocenters. The number of ether oxygens (including phenoxy) is 1. The highest BCUT2D eigenvalue weighted by atomic mass is 16.6. The number of anilines is 1. The summed E-state index contributed by atoms with van der Waals surface area (Å²) in [6.45, 7) is 3.56. The van der Waals surface area contributed by atoms with Crippen molar-refractivity contribution in [1.82, 2.24) is 9.38 Å². The van der Waals surface area contributed by atoms with Crippen molar-refractivity contribution in [2.75, 3.05) is 18.0 Å². The van der Waals surface area contributed by atoms with Gasteiger partial charge in [-0.1, -0.05) is 6.07 Å². The third-order valence-electron chi connectivity index (χ3n) is 4.85. The van der Waals surface area contributed by atoms with Crippen LogP contribution in [0.2, 0.25) is 0 Å². The molecule has 0 N–H and O–H groups in total. The zero-order chi connectivity index (χ0) is 19.7. The number of imidazole rings is 1. The number of benzene rings is 1. The van der Waals surface area contributed by atoms with Gasteiger partial charge in [-0.05, 0) is 43.5 Å². The maximum absolute atomic E-state index is 12.4. The third kappa shape index (κ3) is 3.53. The van der Waals surface area contributed by atoms with Gasteiger partial charge in [-0.2, -0.15) is 0 Å². The molecular weight excluding hydrogens is 360 g/mol. The Morgan fingerprint density at radius 3 is 2.75 bits per heavy atom. The van der Waals surface area contributed by atoms with E-state index in [1.54, 1.807) is 18.3 Å². The fourth-order valence-electron chi connectivity index (χ4n) is 3.47. The van der Waals surface area contributed by atoms with Gasteiger partial charge in [-0.25, -0.2) is 9.78 Å². The molecule has 8 heteroatoms. The van der Waals surface area contributed by atoms with E-state index in [9.17, 15) is 14.9 Å². The summed E-state index contributed by atoms with van der Waals surface area (Å²) in [4.78, 5) is 29.8.